The van der Waals surface area contributed by atoms with Gasteiger partial charge in [-0.25, -0.2) is 4.98 Å². The quantitative estimate of drug-likeness (QED) is 0.635. The van der Waals surface area contributed by atoms with E-state index in [0.29, 0.717) is 48.7 Å². The highest BCUT2D eigenvalue weighted by Gasteiger charge is 2.22. The molecule has 1 fully saturated rings. The summed E-state index contributed by atoms with van der Waals surface area (Å²) < 4.78 is 10.5. The Morgan fingerprint density at radius 1 is 1.14 bits per heavy atom. The van der Waals surface area contributed by atoms with E-state index in [2.05, 4.69) is 20.0 Å². The van der Waals surface area contributed by atoms with Gasteiger partial charge in [0.2, 0.25) is 11.7 Å². The van der Waals surface area contributed by atoms with Gasteiger partial charge in [0.15, 0.2) is 6.61 Å². The van der Waals surface area contributed by atoms with E-state index in [-0.39, 0.29) is 12.5 Å². The number of amides is 1. The molecular formula is C20H20ClN5O3. The molecule has 0 saturated carbocycles. The number of piperazine rings is 1. The number of benzene rings is 1. The number of nitrogens with zero attached hydrogens (tertiary/aromatic N) is 5. The van der Waals surface area contributed by atoms with Crippen LogP contribution in [-0.2, 0) is 4.79 Å². The second kappa shape index (κ2) is 8.48. The molecule has 8 nitrogen and oxygen atoms in total. The number of hydrogen-bond acceptors (Lipinski definition) is 7. The second-order valence-electron chi connectivity index (χ2n) is 6.65. The van der Waals surface area contributed by atoms with E-state index in [4.69, 9.17) is 20.9 Å². The lowest BCUT2D eigenvalue weighted by Crippen LogP contribution is -2.50. The fraction of sp³-hybridized carbons (Fsp3) is 0.300. The average Bonchev–Trinajstić information content (AvgIpc) is 3.20. The number of hydrogen-bond donors (Lipinski definition) is 0. The number of halogens is 1. The molecule has 0 bridgehead atoms. The van der Waals surface area contributed by atoms with E-state index in [1.54, 1.807) is 37.4 Å². The Bertz CT molecular complexity index is 967. The van der Waals surface area contributed by atoms with Crippen LogP contribution in [0.15, 0.2) is 47.1 Å². The lowest BCUT2D eigenvalue weighted by atomic mass is 10.2. The number of carbonyl (C=O) groups excluding carboxylic acids is 1. The Morgan fingerprint density at radius 3 is 2.52 bits per heavy atom. The predicted octanol–water partition coefficient (Wildman–Crippen LogP) is 2.82. The van der Waals surface area contributed by atoms with Gasteiger partial charge in [0.05, 0.1) is 0 Å². The summed E-state index contributed by atoms with van der Waals surface area (Å²) in [6.45, 7) is 4.42. The summed E-state index contributed by atoms with van der Waals surface area (Å²) in [6.07, 6.45) is 1.73. The molecule has 1 aliphatic heterocycles. The van der Waals surface area contributed by atoms with Crippen LogP contribution in [0.3, 0.4) is 0 Å². The van der Waals surface area contributed by atoms with Crippen molar-refractivity contribution in [2.75, 3.05) is 37.7 Å². The van der Waals surface area contributed by atoms with E-state index in [0.717, 1.165) is 11.4 Å². The summed E-state index contributed by atoms with van der Waals surface area (Å²) in [6, 6.07) is 10.8. The normalized spacial score (nSPS) is 14.1. The van der Waals surface area contributed by atoms with E-state index >= 15 is 0 Å². The van der Waals surface area contributed by atoms with Gasteiger partial charge in [0.25, 0.3) is 5.91 Å². The Balaban J connectivity index is 1.28. The fourth-order valence-electron chi connectivity index (χ4n) is 3.07. The van der Waals surface area contributed by atoms with E-state index < -0.39 is 0 Å². The monoisotopic (exact) mass is 413 g/mol. The minimum Gasteiger partial charge on any atom is -0.484 e. The lowest BCUT2D eigenvalue weighted by molar-refractivity contribution is -0.133. The molecule has 3 aromatic rings. The Morgan fingerprint density at radius 2 is 1.90 bits per heavy atom. The van der Waals surface area contributed by atoms with Crippen LogP contribution in [0.25, 0.3) is 11.4 Å². The zero-order valence-corrected chi connectivity index (χ0v) is 16.7. The third kappa shape index (κ3) is 4.65. The third-order valence-corrected chi connectivity index (χ3v) is 4.92. The van der Waals surface area contributed by atoms with Crippen molar-refractivity contribution in [2.24, 2.45) is 0 Å². The van der Waals surface area contributed by atoms with E-state index in [9.17, 15) is 4.79 Å². The van der Waals surface area contributed by atoms with Gasteiger partial charge < -0.3 is 19.1 Å². The van der Waals surface area contributed by atoms with Crippen LogP contribution < -0.4 is 9.64 Å². The van der Waals surface area contributed by atoms with Gasteiger partial charge in [-0.1, -0.05) is 16.8 Å². The standard InChI is InChI=1S/C20H20ClN5O3/c1-14-23-20(24-29-14)15-2-7-18(22-12-15)25-8-10-26(11-9-25)19(27)13-28-17-5-3-16(21)4-6-17/h2-7,12H,8-11,13H2,1H3. The molecule has 1 amide bonds. The number of aryl methyl sites for hydroxylation is 1. The first-order chi connectivity index (χ1) is 14.1. The average molecular weight is 414 g/mol. The largest absolute Gasteiger partial charge is 0.484 e. The zero-order valence-electron chi connectivity index (χ0n) is 15.9. The predicted molar refractivity (Wildman–Crippen MR) is 108 cm³/mol. The molecule has 1 aromatic carbocycles. The molecule has 29 heavy (non-hydrogen) atoms. The Kier molecular flexibility index (Phi) is 5.62. The highest BCUT2D eigenvalue weighted by Crippen LogP contribution is 2.20. The van der Waals surface area contributed by atoms with Crippen LogP contribution in [0, 0.1) is 6.92 Å². The van der Waals surface area contributed by atoms with Gasteiger partial charge >= 0.3 is 0 Å². The van der Waals surface area contributed by atoms with Crippen molar-refractivity contribution in [3.05, 3.63) is 53.5 Å². The SMILES string of the molecule is Cc1nc(-c2ccc(N3CCN(C(=O)COc4ccc(Cl)cc4)CC3)nc2)no1. The summed E-state index contributed by atoms with van der Waals surface area (Å²) in [5.74, 6) is 2.50. The first-order valence-electron chi connectivity index (χ1n) is 9.26. The van der Waals surface area contributed by atoms with Crippen LogP contribution in [0.5, 0.6) is 5.75 Å². The van der Waals surface area contributed by atoms with E-state index in [1.807, 2.05) is 17.0 Å². The molecule has 4 rings (SSSR count). The maximum atomic E-state index is 12.4. The lowest BCUT2D eigenvalue weighted by Gasteiger charge is -2.35. The Labute approximate surface area is 173 Å². The number of rotatable bonds is 5. The van der Waals surface area contributed by atoms with Gasteiger partial charge in [-0.2, -0.15) is 4.98 Å². The highest BCUT2D eigenvalue weighted by atomic mass is 35.5. The highest BCUT2D eigenvalue weighted by molar-refractivity contribution is 6.30. The van der Waals surface area contributed by atoms with Gasteiger partial charge in [0.1, 0.15) is 11.6 Å². The molecule has 0 atom stereocenters. The van der Waals surface area contributed by atoms with Crippen LogP contribution in [0.4, 0.5) is 5.82 Å². The van der Waals surface area contributed by atoms with Crippen molar-refractivity contribution in [1.82, 2.24) is 20.0 Å². The van der Waals surface area contributed by atoms with Gasteiger partial charge in [-0.3, -0.25) is 4.79 Å². The minimum absolute atomic E-state index is 0.0126. The number of ether oxygens (including phenoxy) is 1. The first-order valence-corrected chi connectivity index (χ1v) is 9.64. The summed E-state index contributed by atoms with van der Waals surface area (Å²) in [5, 5.41) is 4.53. The smallest absolute Gasteiger partial charge is 0.260 e. The van der Waals surface area contributed by atoms with Crippen molar-refractivity contribution < 1.29 is 14.1 Å². The molecule has 0 radical (unpaired) electrons. The van der Waals surface area contributed by atoms with Crippen molar-refractivity contribution in [3.63, 3.8) is 0 Å². The number of aromatic nitrogens is 3. The topological polar surface area (TPSA) is 84.6 Å². The van der Waals surface area contributed by atoms with Gasteiger partial charge in [0, 0.05) is 49.9 Å². The molecule has 3 heterocycles. The Hall–Kier alpha value is -3.13. The fourth-order valence-corrected chi connectivity index (χ4v) is 3.20. The van der Waals surface area contributed by atoms with Crippen LogP contribution in [-0.4, -0.2) is 58.7 Å². The maximum absolute atomic E-state index is 12.4. The summed E-state index contributed by atoms with van der Waals surface area (Å²) in [4.78, 5) is 25.1. The third-order valence-electron chi connectivity index (χ3n) is 4.67. The van der Waals surface area contributed by atoms with Crippen molar-refractivity contribution in [2.45, 2.75) is 6.92 Å². The minimum atomic E-state index is -0.0321. The molecule has 150 valence electrons. The van der Waals surface area contributed by atoms with Gasteiger partial charge in [-0.15, -0.1) is 0 Å². The number of anilines is 1. The van der Waals surface area contributed by atoms with Crippen LogP contribution in [0.1, 0.15) is 5.89 Å². The van der Waals surface area contributed by atoms with E-state index in [1.165, 1.54) is 0 Å². The second-order valence-corrected chi connectivity index (χ2v) is 7.09. The maximum Gasteiger partial charge on any atom is 0.260 e. The molecule has 0 aliphatic carbocycles. The summed E-state index contributed by atoms with van der Waals surface area (Å²) in [5.41, 5.74) is 0.804. The van der Waals surface area contributed by atoms with Crippen LogP contribution in [0.2, 0.25) is 5.02 Å². The number of carbonyl (C=O) groups is 1. The summed E-state index contributed by atoms with van der Waals surface area (Å²) in [7, 11) is 0. The van der Waals surface area contributed by atoms with Gasteiger partial charge in [-0.05, 0) is 36.4 Å². The molecule has 0 unspecified atom stereocenters. The molecular weight excluding hydrogens is 394 g/mol. The molecule has 9 heteroatoms. The van der Waals surface area contributed by atoms with Crippen molar-refractivity contribution in [1.29, 1.82) is 0 Å². The number of pyridine rings is 1. The van der Waals surface area contributed by atoms with Crippen LogP contribution >= 0.6 is 11.6 Å². The molecule has 0 N–H and O–H groups in total. The van der Waals surface area contributed by atoms with Crippen molar-refractivity contribution >= 4 is 23.3 Å². The zero-order chi connectivity index (χ0) is 20.2. The van der Waals surface area contributed by atoms with Crippen molar-refractivity contribution in [3.8, 4) is 17.1 Å². The molecule has 0 spiro atoms. The molecule has 2 aromatic heterocycles. The molecule has 1 saturated heterocycles. The first kappa shape index (κ1) is 19.2. The molecule has 1 aliphatic rings. The summed E-state index contributed by atoms with van der Waals surface area (Å²) >= 11 is 5.85.